The van der Waals surface area contributed by atoms with Crippen LogP contribution in [0.3, 0.4) is 0 Å². The van der Waals surface area contributed by atoms with Crippen molar-refractivity contribution in [3.63, 3.8) is 0 Å². The first kappa shape index (κ1) is 28.8. The predicted molar refractivity (Wildman–Crippen MR) is 129 cm³/mol. The number of aromatic nitrogens is 2. The van der Waals surface area contributed by atoms with E-state index in [0.29, 0.717) is 24.9 Å². The molecule has 1 N–H and O–H groups in total. The molecule has 0 radical (unpaired) electrons. The Hall–Kier alpha value is -1.80. The lowest BCUT2D eigenvalue weighted by Crippen LogP contribution is -3.00. The zero-order valence-corrected chi connectivity index (χ0v) is 22.8. The number of nitrogens with zero attached hydrogens (tertiary/aromatic N) is 2. The van der Waals surface area contributed by atoms with E-state index in [1.165, 1.54) is 37.9 Å². The first-order valence-corrected chi connectivity index (χ1v) is 13.2. The van der Waals surface area contributed by atoms with Gasteiger partial charge >= 0.3 is 5.97 Å². The van der Waals surface area contributed by atoms with E-state index in [1.54, 1.807) is 30.3 Å². The highest BCUT2D eigenvalue weighted by Gasteiger charge is 2.52. The van der Waals surface area contributed by atoms with Crippen molar-refractivity contribution in [2.45, 2.75) is 95.7 Å². The number of benzene rings is 1. The highest BCUT2D eigenvalue weighted by Crippen LogP contribution is 2.45. The average Bonchev–Trinajstić information content (AvgIpc) is 3.20. The summed E-state index contributed by atoms with van der Waals surface area (Å²) in [5, 5.41) is 11.5. The van der Waals surface area contributed by atoms with E-state index < -0.39 is 29.8 Å². The van der Waals surface area contributed by atoms with Crippen molar-refractivity contribution in [2.75, 3.05) is 6.61 Å². The van der Waals surface area contributed by atoms with E-state index in [-0.39, 0.29) is 36.4 Å². The minimum atomic E-state index is -2.88. The molecule has 2 saturated carbocycles. The van der Waals surface area contributed by atoms with Crippen molar-refractivity contribution in [2.24, 2.45) is 11.8 Å². The fourth-order valence-corrected chi connectivity index (χ4v) is 5.87. The number of esters is 1. The molecule has 0 saturated heterocycles. The monoisotopic (exact) mass is 568 g/mol. The van der Waals surface area contributed by atoms with Crippen molar-refractivity contribution >= 4 is 5.97 Å². The van der Waals surface area contributed by atoms with Gasteiger partial charge in [-0.1, -0.05) is 49.6 Å². The molecular formula is C28H39BrF2N2O3. The first-order chi connectivity index (χ1) is 16.8. The Morgan fingerprint density at radius 1 is 1.17 bits per heavy atom. The summed E-state index contributed by atoms with van der Waals surface area (Å²) in [5.74, 6) is -2.68. The van der Waals surface area contributed by atoms with E-state index in [4.69, 9.17) is 4.74 Å². The quantitative estimate of drug-likeness (QED) is 0.287. The van der Waals surface area contributed by atoms with Gasteiger partial charge in [-0.3, -0.25) is 0 Å². The highest BCUT2D eigenvalue weighted by molar-refractivity contribution is 5.81. The molecule has 0 unspecified atom stereocenters. The van der Waals surface area contributed by atoms with Gasteiger partial charge in [0.15, 0.2) is 5.60 Å². The molecule has 1 aromatic heterocycles. The second-order valence-corrected chi connectivity index (χ2v) is 10.5. The van der Waals surface area contributed by atoms with Crippen LogP contribution >= 0.6 is 0 Å². The molecule has 0 spiro atoms. The Kier molecular flexibility index (Phi) is 10.1. The SMILES string of the molecule is Cc1n(CCCOC(=O)[C@](O)(c2ccccc2)[C@@H]2CCCC(F)(F)C2)cc[n+]1CC1CCCCC1.[Br-]. The number of rotatable bonds is 9. The second kappa shape index (κ2) is 12.6. The summed E-state index contributed by atoms with van der Waals surface area (Å²) in [6, 6.07) is 8.40. The van der Waals surface area contributed by atoms with Crippen molar-refractivity contribution in [1.82, 2.24) is 4.57 Å². The van der Waals surface area contributed by atoms with Gasteiger partial charge in [-0.25, -0.2) is 22.7 Å². The number of halogens is 3. The molecule has 2 fully saturated rings. The van der Waals surface area contributed by atoms with Crippen LogP contribution in [0.25, 0.3) is 0 Å². The zero-order valence-electron chi connectivity index (χ0n) is 21.2. The summed E-state index contributed by atoms with van der Waals surface area (Å²) in [7, 11) is 0. The van der Waals surface area contributed by atoms with Gasteiger partial charge in [-0.2, -0.15) is 0 Å². The number of aryl methyl sites for hydroxylation is 1. The zero-order chi connectivity index (χ0) is 24.9. The largest absolute Gasteiger partial charge is 1.00 e. The van der Waals surface area contributed by atoms with Crippen LogP contribution in [-0.2, 0) is 28.2 Å². The van der Waals surface area contributed by atoms with Crippen molar-refractivity contribution in [3.8, 4) is 0 Å². The number of hydrogen-bond acceptors (Lipinski definition) is 3. The number of carbonyl (C=O) groups excluding carboxylic acids is 1. The fraction of sp³-hybridized carbons (Fsp3) is 0.643. The Bertz CT molecular complexity index is 978. The Balaban J connectivity index is 0.00000361. The Morgan fingerprint density at radius 2 is 1.89 bits per heavy atom. The van der Waals surface area contributed by atoms with Gasteiger partial charge in [0.05, 0.1) is 19.7 Å². The van der Waals surface area contributed by atoms with Gasteiger partial charge in [-0.05, 0) is 37.2 Å². The normalized spacial score (nSPS) is 21.8. The molecule has 2 aromatic rings. The maximum absolute atomic E-state index is 14.2. The van der Waals surface area contributed by atoms with Gasteiger partial charge in [0, 0.05) is 32.1 Å². The Morgan fingerprint density at radius 3 is 2.58 bits per heavy atom. The third-order valence-corrected chi connectivity index (χ3v) is 7.97. The van der Waals surface area contributed by atoms with Gasteiger partial charge in [0.1, 0.15) is 12.4 Å². The van der Waals surface area contributed by atoms with Crippen LogP contribution in [0.5, 0.6) is 0 Å². The summed E-state index contributed by atoms with van der Waals surface area (Å²) in [4.78, 5) is 13.2. The van der Waals surface area contributed by atoms with Gasteiger partial charge in [-0.15, -0.1) is 0 Å². The topological polar surface area (TPSA) is 55.3 Å². The molecule has 2 aliphatic carbocycles. The molecule has 36 heavy (non-hydrogen) atoms. The summed E-state index contributed by atoms with van der Waals surface area (Å²) < 4.78 is 38.3. The molecular weight excluding hydrogens is 530 g/mol. The molecule has 1 heterocycles. The molecule has 2 atom stereocenters. The molecule has 0 bridgehead atoms. The summed E-state index contributed by atoms with van der Waals surface area (Å²) in [5.41, 5.74) is -1.75. The molecule has 4 rings (SSSR count). The van der Waals surface area contributed by atoms with Crippen molar-refractivity contribution < 1.29 is 45.0 Å². The number of ether oxygens (including phenoxy) is 1. The predicted octanol–water partition coefficient (Wildman–Crippen LogP) is 2.31. The average molecular weight is 570 g/mol. The van der Waals surface area contributed by atoms with E-state index in [0.717, 1.165) is 12.5 Å². The summed E-state index contributed by atoms with van der Waals surface area (Å²) in [6.07, 6.45) is 11.3. The maximum atomic E-state index is 14.2. The van der Waals surface area contributed by atoms with Crippen molar-refractivity contribution in [1.29, 1.82) is 0 Å². The van der Waals surface area contributed by atoms with E-state index >= 15 is 0 Å². The maximum Gasteiger partial charge on any atom is 0.343 e. The lowest BCUT2D eigenvalue weighted by Gasteiger charge is -2.39. The molecule has 200 valence electrons. The van der Waals surface area contributed by atoms with Crippen LogP contribution in [0.4, 0.5) is 8.78 Å². The third-order valence-electron chi connectivity index (χ3n) is 7.97. The number of hydrogen-bond donors (Lipinski definition) is 1. The first-order valence-electron chi connectivity index (χ1n) is 13.2. The molecule has 2 aliphatic rings. The van der Waals surface area contributed by atoms with Crippen LogP contribution in [0.2, 0.25) is 0 Å². The summed E-state index contributed by atoms with van der Waals surface area (Å²) >= 11 is 0. The number of aliphatic hydroxyl groups is 1. The van der Waals surface area contributed by atoms with Gasteiger partial charge in [0.2, 0.25) is 5.92 Å². The van der Waals surface area contributed by atoms with Gasteiger partial charge < -0.3 is 26.8 Å². The van der Waals surface area contributed by atoms with E-state index in [9.17, 15) is 18.7 Å². The van der Waals surface area contributed by atoms with E-state index in [1.807, 2.05) is 0 Å². The second-order valence-electron chi connectivity index (χ2n) is 10.5. The summed E-state index contributed by atoms with van der Waals surface area (Å²) in [6.45, 7) is 3.95. The van der Waals surface area contributed by atoms with Crippen molar-refractivity contribution in [3.05, 3.63) is 54.1 Å². The number of imidazole rings is 1. The van der Waals surface area contributed by atoms with Crippen LogP contribution in [0.1, 0.15) is 75.6 Å². The molecule has 0 amide bonds. The minimum Gasteiger partial charge on any atom is -1.00 e. The van der Waals surface area contributed by atoms with Crippen LogP contribution in [0, 0.1) is 18.8 Å². The molecule has 5 nitrogen and oxygen atoms in total. The number of carbonyl (C=O) groups is 1. The molecule has 1 aromatic carbocycles. The fourth-order valence-electron chi connectivity index (χ4n) is 5.87. The Labute approximate surface area is 223 Å². The number of alkyl halides is 2. The third kappa shape index (κ3) is 6.74. The molecule has 0 aliphatic heterocycles. The molecule has 8 heteroatoms. The minimum absolute atomic E-state index is 0. The van der Waals surface area contributed by atoms with Gasteiger partial charge in [0.25, 0.3) is 5.82 Å². The van der Waals surface area contributed by atoms with Crippen LogP contribution < -0.4 is 21.5 Å². The van der Waals surface area contributed by atoms with Crippen LogP contribution in [-0.4, -0.2) is 28.2 Å². The van der Waals surface area contributed by atoms with Crippen LogP contribution in [0.15, 0.2) is 42.7 Å². The standard InChI is InChI=1S/C28H39F2N2O3.BrH/c1-22-31(17-18-32(22)21-23-10-4-2-5-11-23)16-9-19-35-26(33)28(34,24-12-6-3-7-13-24)25-14-8-15-27(29,30)20-25;/h3,6-7,12-13,17-18,23,25,34H,2,4-5,8-11,14-16,19-21H2,1H3;1H/q+1;/p-1/t25-,28+;/m1./s1. The lowest BCUT2D eigenvalue weighted by atomic mass is 9.72. The lowest BCUT2D eigenvalue weighted by molar-refractivity contribution is -0.709. The van der Waals surface area contributed by atoms with E-state index in [2.05, 4.69) is 28.5 Å². The highest BCUT2D eigenvalue weighted by atomic mass is 79.9. The smallest absolute Gasteiger partial charge is 0.343 e.